The zero-order chi connectivity index (χ0) is 21.1. The average molecular weight is 414 g/mol. The van der Waals surface area contributed by atoms with Gasteiger partial charge in [-0.15, -0.1) is 0 Å². The van der Waals surface area contributed by atoms with E-state index in [1.54, 1.807) is 7.11 Å². The zero-order valence-corrected chi connectivity index (χ0v) is 17.8. The molecule has 0 saturated heterocycles. The van der Waals surface area contributed by atoms with Crippen molar-refractivity contribution in [3.63, 3.8) is 0 Å². The Hall–Kier alpha value is -3.18. The Bertz CT molecular complexity index is 1040. The lowest BCUT2D eigenvalue weighted by Gasteiger charge is -2.34. The average Bonchev–Trinajstić information content (AvgIpc) is 3.59. The number of hydrogen-bond donors (Lipinski definition) is 1. The summed E-state index contributed by atoms with van der Waals surface area (Å²) < 4.78 is 5.06. The largest absolute Gasteiger partial charge is 0.393 e. The molecule has 5 rings (SSSR count). The first-order valence-corrected chi connectivity index (χ1v) is 10.9. The number of benzene rings is 2. The van der Waals surface area contributed by atoms with Crippen molar-refractivity contribution in [1.82, 2.24) is 10.2 Å². The van der Waals surface area contributed by atoms with Crippen LogP contribution in [0.15, 0.2) is 71.9 Å². The van der Waals surface area contributed by atoms with Crippen LogP contribution in [0.4, 0.5) is 0 Å². The molecule has 0 aliphatic heterocycles. The summed E-state index contributed by atoms with van der Waals surface area (Å²) in [6.07, 6.45) is 7.63. The Labute approximate surface area is 182 Å². The molecule has 0 atom stereocenters. The van der Waals surface area contributed by atoms with Gasteiger partial charge in [0, 0.05) is 36.1 Å². The van der Waals surface area contributed by atoms with Crippen LogP contribution in [-0.2, 0) is 21.4 Å². The molecule has 1 heterocycles. The fourth-order valence-corrected chi connectivity index (χ4v) is 4.40. The predicted octanol–water partition coefficient (Wildman–Crippen LogP) is 4.74. The summed E-state index contributed by atoms with van der Waals surface area (Å²) in [4.78, 5) is 5.52. The van der Waals surface area contributed by atoms with Crippen LogP contribution in [0.2, 0.25) is 0 Å². The van der Waals surface area contributed by atoms with Crippen LogP contribution in [0.25, 0.3) is 6.08 Å². The van der Waals surface area contributed by atoms with Crippen LogP contribution in [0.5, 0.6) is 0 Å². The molecule has 5 heteroatoms. The predicted molar refractivity (Wildman–Crippen MR) is 122 cm³/mol. The van der Waals surface area contributed by atoms with Gasteiger partial charge in [-0.05, 0) is 24.0 Å². The molecule has 31 heavy (non-hydrogen) atoms. The number of nitrogens with zero attached hydrogens (tertiary/aromatic N) is 2. The van der Waals surface area contributed by atoms with Crippen LogP contribution >= 0.6 is 0 Å². The lowest BCUT2D eigenvalue weighted by Crippen LogP contribution is -2.30. The van der Waals surface area contributed by atoms with Crippen molar-refractivity contribution in [2.45, 2.75) is 24.7 Å². The molecule has 2 aromatic carbocycles. The fraction of sp³-hybridized carbons (Fsp3) is 0.308. The van der Waals surface area contributed by atoms with E-state index in [1.165, 1.54) is 11.1 Å². The van der Waals surface area contributed by atoms with Crippen LogP contribution < -0.4 is 0 Å². The van der Waals surface area contributed by atoms with Gasteiger partial charge >= 0.3 is 0 Å². The Morgan fingerprint density at radius 2 is 1.71 bits per heavy atom. The molecular formula is C26H27N3O2. The number of hydrogen-bond acceptors (Lipinski definition) is 4. The lowest BCUT2D eigenvalue weighted by molar-refractivity contribution is 0.0747. The van der Waals surface area contributed by atoms with Crippen molar-refractivity contribution >= 4 is 11.8 Å². The maximum atomic E-state index is 5.52. The smallest absolute Gasteiger partial charge is 0.140 e. The van der Waals surface area contributed by atoms with Gasteiger partial charge in [0.15, 0.2) is 0 Å². The van der Waals surface area contributed by atoms with Gasteiger partial charge in [0.05, 0.1) is 6.61 Å². The highest BCUT2D eigenvalue weighted by molar-refractivity contribution is 6.04. The fourth-order valence-electron chi connectivity index (χ4n) is 4.40. The zero-order valence-electron chi connectivity index (χ0n) is 17.8. The van der Waals surface area contributed by atoms with Crippen LogP contribution in [0.3, 0.4) is 0 Å². The molecule has 3 aromatic rings. The summed E-state index contributed by atoms with van der Waals surface area (Å²) >= 11 is 0. The molecule has 0 amide bonds. The summed E-state index contributed by atoms with van der Waals surface area (Å²) in [7, 11) is 1.66. The monoisotopic (exact) mass is 413 g/mol. The second-order valence-electron chi connectivity index (χ2n) is 8.25. The van der Waals surface area contributed by atoms with E-state index in [1.807, 2.05) is 0 Å². The molecule has 2 aliphatic carbocycles. The van der Waals surface area contributed by atoms with Gasteiger partial charge < -0.3 is 9.57 Å². The first-order valence-electron chi connectivity index (χ1n) is 10.9. The van der Waals surface area contributed by atoms with Crippen LogP contribution in [0, 0.1) is 5.92 Å². The van der Waals surface area contributed by atoms with Crippen LogP contribution in [0.1, 0.15) is 40.9 Å². The Morgan fingerprint density at radius 3 is 2.32 bits per heavy atom. The van der Waals surface area contributed by atoms with Crippen LogP contribution in [-0.4, -0.2) is 36.2 Å². The summed E-state index contributed by atoms with van der Waals surface area (Å²) in [6.45, 7) is 0.969. The van der Waals surface area contributed by atoms with Gasteiger partial charge in [-0.3, -0.25) is 5.10 Å². The quantitative estimate of drug-likeness (QED) is 0.330. The second-order valence-corrected chi connectivity index (χ2v) is 8.25. The van der Waals surface area contributed by atoms with Crippen molar-refractivity contribution in [2.24, 2.45) is 11.1 Å². The number of H-pyrrole nitrogens is 1. The molecule has 5 nitrogen and oxygen atoms in total. The molecule has 1 saturated carbocycles. The van der Waals surface area contributed by atoms with E-state index in [4.69, 9.17) is 14.7 Å². The minimum atomic E-state index is -0.231. The van der Waals surface area contributed by atoms with E-state index in [9.17, 15) is 0 Å². The standard InChI is InChI=1S/C26H27N3O2/c1-30-16-17-31-29-24(19-12-13-19)25-22-14-15-26(18-23(22)27-28-25,20-8-4-2-5-9-20)21-10-6-3-7-11-21/h2-11,14-15,19H,12-13,16-18H2,1H3,(H,27,28)/b29-24-. The lowest BCUT2D eigenvalue weighted by atomic mass is 9.68. The van der Waals surface area contributed by atoms with E-state index >= 15 is 0 Å². The Morgan fingerprint density at radius 1 is 1.03 bits per heavy atom. The molecular weight excluding hydrogens is 386 g/mol. The topological polar surface area (TPSA) is 59.5 Å². The molecule has 0 bridgehead atoms. The minimum Gasteiger partial charge on any atom is -0.393 e. The number of aromatic nitrogens is 2. The van der Waals surface area contributed by atoms with E-state index in [0.717, 1.165) is 41.9 Å². The van der Waals surface area contributed by atoms with Crippen molar-refractivity contribution in [3.8, 4) is 0 Å². The SMILES string of the molecule is COCCO/N=C(\c1n[nH]c2c1C=CC(c1ccccc1)(c1ccccc1)C2)C1CC1. The maximum Gasteiger partial charge on any atom is 0.140 e. The Kier molecular flexibility index (Phi) is 5.43. The highest BCUT2D eigenvalue weighted by Crippen LogP contribution is 2.43. The van der Waals surface area contributed by atoms with E-state index in [-0.39, 0.29) is 5.41 Å². The molecule has 1 fully saturated rings. The first kappa shape index (κ1) is 19.8. The maximum absolute atomic E-state index is 5.52. The molecule has 0 spiro atoms. The van der Waals surface area contributed by atoms with Gasteiger partial charge in [0.25, 0.3) is 0 Å². The molecule has 0 radical (unpaired) electrons. The van der Waals surface area contributed by atoms with Gasteiger partial charge in [-0.1, -0.05) is 78.0 Å². The number of methoxy groups -OCH3 is 1. The summed E-state index contributed by atoms with van der Waals surface area (Å²) in [5.74, 6) is 0.429. The normalized spacial score (nSPS) is 17.4. The highest BCUT2D eigenvalue weighted by Gasteiger charge is 2.38. The number of fused-ring (bicyclic) bond motifs is 1. The van der Waals surface area contributed by atoms with E-state index < -0.39 is 0 Å². The molecule has 2 aliphatic rings. The number of aromatic amines is 1. The molecule has 158 valence electrons. The van der Waals surface area contributed by atoms with Gasteiger partial charge in [0.2, 0.25) is 0 Å². The van der Waals surface area contributed by atoms with Gasteiger partial charge in [0.1, 0.15) is 18.0 Å². The first-order chi connectivity index (χ1) is 15.3. The molecule has 1 aromatic heterocycles. The second kappa shape index (κ2) is 8.52. The highest BCUT2D eigenvalue weighted by atomic mass is 16.6. The third-order valence-corrected chi connectivity index (χ3v) is 6.20. The third-order valence-electron chi connectivity index (χ3n) is 6.20. The van der Waals surface area contributed by atoms with Crippen molar-refractivity contribution in [1.29, 1.82) is 0 Å². The summed E-state index contributed by atoms with van der Waals surface area (Å²) in [5.41, 5.74) is 6.45. The Balaban J connectivity index is 1.53. The van der Waals surface area contributed by atoms with E-state index in [2.05, 4.69) is 83.1 Å². The van der Waals surface area contributed by atoms with Crippen molar-refractivity contribution in [3.05, 3.63) is 94.8 Å². The number of rotatable bonds is 8. The summed E-state index contributed by atoms with van der Waals surface area (Å²) in [6, 6.07) is 21.4. The van der Waals surface area contributed by atoms with E-state index in [0.29, 0.717) is 19.1 Å². The van der Waals surface area contributed by atoms with Crippen molar-refractivity contribution < 1.29 is 9.57 Å². The van der Waals surface area contributed by atoms with Crippen molar-refractivity contribution in [2.75, 3.05) is 20.3 Å². The third kappa shape index (κ3) is 3.81. The van der Waals surface area contributed by atoms with Gasteiger partial charge in [-0.2, -0.15) is 5.10 Å². The molecule has 0 unspecified atom stereocenters. The minimum absolute atomic E-state index is 0.231. The molecule has 1 N–H and O–H groups in total. The number of ether oxygens (including phenoxy) is 1. The number of nitrogens with one attached hydrogen (secondary N) is 1. The summed E-state index contributed by atoms with van der Waals surface area (Å²) in [5, 5.41) is 12.5. The number of allylic oxidation sites excluding steroid dienone is 1. The number of oxime groups is 1. The van der Waals surface area contributed by atoms with Gasteiger partial charge in [-0.25, -0.2) is 0 Å².